The zero-order chi connectivity index (χ0) is 24.4. The molecule has 0 aliphatic carbocycles. The SMILES string of the molecule is CCCc1cc(CC[Si](C)(C)CCc2cc(CCC)c(O)c(CCC)c2)cc(CCC)c1O. The van der Waals surface area contributed by atoms with Crippen LogP contribution in [0.5, 0.6) is 11.5 Å². The van der Waals surface area contributed by atoms with E-state index in [4.69, 9.17) is 0 Å². The van der Waals surface area contributed by atoms with Crippen molar-refractivity contribution in [2.24, 2.45) is 0 Å². The minimum Gasteiger partial charge on any atom is -0.507 e. The summed E-state index contributed by atoms with van der Waals surface area (Å²) in [4.78, 5) is 0. The molecular formula is C30H48O2Si. The van der Waals surface area contributed by atoms with Crippen molar-refractivity contribution < 1.29 is 10.2 Å². The highest BCUT2D eigenvalue weighted by Gasteiger charge is 2.21. The Labute approximate surface area is 204 Å². The van der Waals surface area contributed by atoms with Crippen LogP contribution in [0.25, 0.3) is 0 Å². The zero-order valence-corrected chi connectivity index (χ0v) is 23.2. The van der Waals surface area contributed by atoms with Crippen molar-refractivity contribution >= 4 is 8.07 Å². The van der Waals surface area contributed by atoms with E-state index in [1.54, 1.807) is 0 Å². The van der Waals surface area contributed by atoms with Crippen molar-refractivity contribution in [1.82, 2.24) is 0 Å². The Balaban J connectivity index is 2.10. The van der Waals surface area contributed by atoms with E-state index in [9.17, 15) is 10.2 Å². The van der Waals surface area contributed by atoms with Gasteiger partial charge in [0.1, 0.15) is 11.5 Å². The van der Waals surface area contributed by atoms with Crippen LogP contribution in [0.2, 0.25) is 25.2 Å². The van der Waals surface area contributed by atoms with Gasteiger partial charge in [-0.2, -0.15) is 0 Å². The van der Waals surface area contributed by atoms with Crippen LogP contribution >= 0.6 is 0 Å². The van der Waals surface area contributed by atoms with Crippen molar-refractivity contribution in [1.29, 1.82) is 0 Å². The third-order valence-corrected chi connectivity index (χ3v) is 10.1. The first-order chi connectivity index (χ1) is 15.7. The molecule has 2 aromatic rings. The maximum atomic E-state index is 10.6. The average molecular weight is 469 g/mol. The normalized spacial score (nSPS) is 11.8. The van der Waals surface area contributed by atoms with Gasteiger partial charge in [-0.05, 0) is 71.9 Å². The molecule has 0 amide bonds. The smallest absolute Gasteiger partial charge is 0.121 e. The van der Waals surface area contributed by atoms with Gasteiger partial charge in [-0.15, -0.1) is 0 Å². The summed E-state index contributed by atoms with van der Waals surface area (Å²) in [6, 6.07) is 11.6. The van der Waals surface area contributed by atoms with Gasteiger partial charge in [0.15, 0.2) is 0 Å². The van der Waals surface area contributed by atoms with E-state index in [1.807, 2.05) is 0 Å². The number of aromatic hydroxyl groups is 2. The summed E-state index contributed by atoms with van der Waals surface area (Å²) in [7, 11) is -1.36. The fourth-order valence-electron chi connectivity index (χ4n) is 4.88. The molecule has 2 rings (SSSR count). The number of aryl methyl sites for hydroxylation is 6. The maximum absolute atomic E-state index is 10.6. The summed E-state index contributed by atoms with van der Waals surface area (Å²) in [5, 5.41) is 21.3. The van der Waals surface area contributed by atoms with E-state index in [-0.39, 0.29) is 0 Å². The molecule has 0 fully saturated rings. The highest BCUT2D eigenvalue weighted by molar-refractivity contribution is 6.77. The van der Waals surface area contributed by atoms with E-state index in [0.717, 1.165) is 86.5 Å². The third kappa shape index (κ3) is 8.21. The quantitative estimate of drug-likeness (QED) is 0.273. The van der Waals surface area contributed by atoms with Crippen LogP contribution in [-0.4, -0.2) is 18.3 Å². The van der Waals surface area contributed by atoms with Gasteiger partial charge in [-0.3, -0.25) is 0 Å². The molecule has 184 valence electrons. The lowest BCUT2D eigenvalue weighted by Gasteiger charge is -2.23. The molecule has 2 nitrogen and oxygen atoms in total. The molecule has 2 N–H and O–H groups in total. The molecule has 0 aliphatic rings. The van der Waals surface area contributed by atoms with Gasteiger partial charge in [-0.25, -0.2) is 0 Å². The fraction of sp³-hybridized carbons (Fsp3) is 0.600. The number of phenols is 2. The fourth-order valence-corrected chi connectivity index (χ4v) is 7.06. The minimum atomic E-state index is -1.36. The van der Waals surface area contributed by atoms with Gasteiger partial charge < -0.3 is 10.2 Å². The van der Waals surface area contributed by atoms with Gasteiger partial charge in [0.05, 0.1) is 0 Å². The van der Waals surface area contributed by atoms with Crippen molar-refractivity contribution in [3.05, 3.63) is 57.6 Å². The van der Waals surface area contributed by atoms with Gasteiger partial charge in [0.2, 0.25) is 0 Å². The molecule has 3 heteroatoms. The largest absolute Gasteiger partial charge is 0.507 e. The highest BCUT2D eigenvalue weighted by atomic mass is 28.3. The van der Waals surface area contributed by atoms with E-state index in [1.165, 1.54) is 23.2 Å². The van der Waals surface area contributed by atoms with E-state index in [2.05, 4.69) is 65.1 Å². The number of benzene rings is 2. The van der Waals surface area contributed by atoms with Crippen molar-refractivity contribution in [2.75, 3.05) is 0 Å². The molecule has 33 heavy (non-hydrogen) atoms. The summed E-state index contributed by atoms with van der Waals surface area (Å²) < 4.78 is 0. The first kappa shape index (κ1) is 27.5. The molecule has 0 saturated carbocycles. The molecule has 0 bridgehead atoms. The van der Waals surface area contributed by atoms with Crippen molar-refractivity contribution in [3.63, 3.8) is 0 Å². The standard InChI is InChI=1S/C30H48O2Si/c1-7-11-25-19-23(20-26(12-8-2)29(25)31)15-17-33(5,6)18-16-24-21-27(13-9-3)30(32)28(22-24)14-10-4/h19-22,31-32H,7-18H2,1-6H3. The van der Waals surface area contributed by atoms with Crippen LogP contribution in [-0.2, 0) is 38.5 Å². The van der Waals surface area contributed by atoms with Gasteiger partial charge in [0.25, 0.3) is 0 Å². The molecule has 2 aromatic carbocycles. The van der Waals surface area contributed by atoms with Crippen molar-refractivity contribution in [2.45, 2.75) is 117 Å². The summed E-state index contributed by atoms with van der Waals surface area (Å²) in [6.07, 6.45) is 10.3. The second kappa shape index (κ2) is 13.2. The Morgan fingerprint density at radius 3 is 1.03 bits per heavy atom. The summed E-state index contributed by atoms with van der Waals surface area (Å²) in [6.45, 7) is 13.8. The van der Waals surface area contributed by atoms with Crippen LogP contribution < -0.4 is 0 Å². The van der Waals surface area contributed by atoms with E-state index in [0.29, 0.717) is 11.5 Å². The van der Waals surface area contributed by atoms with Crippen LogP contribution in [0.15, 0.2) is 24.3 Å². The first-order valence-corrected chi connectivity index (χ1v) is 16.8. The Morgan fingerprint density at radius 2 is 0.788 bits per heavy atom. The van der Waals surface area contributed by atoms with Gasteiger partial charge in [-0.1, -0.05) is 103 Å². The summed E-state index contributed by atoms with van der Waals surface area (Å²) in [5.41, 5.74) is 7.34. The maximum Gasteiger partial charge on any atom is 0.121 e. The zero-order valence-electron chi connectivity index (χ0n) is 22.2. The first-order valence-electron chi connectivity index (χ1n) is 13.4. The van der Waals surface area contributed by atoms with Crippen LogP contribution in [0, 0.1) is 0 Å². The van der Waals surface area contributed by atoms with Crippen LogP contribution in [0.4, 0.5) is 0 Å². The number of rotatable bonds is 14. The van der Waals surface area contributed by atoms with Crippen LogP contribution in [0.1, 0.15) is 86.8 Å². The molecule has 0 saturated heterocycles. The molecule has 0 radical (unpaired) electrons. The highest BCUT2D eigenvalue weighted by Crippen LogP contribution is 2.31. The monoisotopic (exact) mass is 468 g/mol. The van der Waals surface area contributed by atoms with E-state index < -0.39 is 8.07 Å². The Kier molecular flexibility index (Phi) is 11.0. The lowest BCUT2D eigenvalue weighted by Crippen LogP contribution is -2.26. The Hall–Kier alpha value is -1.74. The lowest BCUT2D eigenvalue weighted by molar-refractivity contribution is 0.459. The molecule has 0 atom stereocenters. The van der Waals surface area contributed by atoms with Gasteiger partial charge >= 0.3 is 0 Å². The Bertz CT molecular complexity index is 759. The molecule has 0 aliphatic heterocycles. The second-order valence-corrected chi connectivity index (χ2v) is 16.0. The number of phenolic OH excluding ortho intramolecular Hbond substituents is 2. The summed E-state index contributed by atoms with van der Waals surface area (Å²) in [5.74, 6) is 1.08. The van der Waals surface area contributed by atoms with Crippen molar-refractivity contribution in [3.8, 4) is 11.5 Å². The van der Waals surface area contributed by atoms with Gasteiger partial charge in [0, 0.05) is 8.07 Å². The second-order valence-electron chi connectivity index (χ2n) is 10.7. The third-order valence-electron chi connectivity index (χ3n) is 6.91. The van der Waals surface area contributed by atoms with Crippen LogP contribution in [0.3, 0.4) is 0 Å². The minimum absolute atomic E-state index is 0.539. The predicted octanol–water partition coefficient (Wildman–Crippen LogP) is 8.40. The lowest BCUT2D eigenvalue weighted by atomic mass is 9.97. The number of hydrogen-bond acceptors (Lipinski definition) is 2. The topological polar surface area (TPSA) is 40.5 Å². The molecule has 0 unspecified atom stereocenters. The number of hydrogen-bond donors (Lipinski definition) is 2. The van der Waals surface area contributed by atoms with E-state index >= 15 is 0 Å². The molecular weight excluding hydrogens is 420 g/mol. The molecule has 0 spiro atoms. The average Bonchev–Trinajstić information content (AvgIpc) is 2.77. The molecule has 0 heterocycles. The summed E-state index contributed by atoms with van der Waals surface area (Å²) >= 11 is 0. The predicted molar refractivity (Wildman–Crippen MR) is 147 cm³/mol. The molecule has 0 aromatic heterocycles. The Morgan fingerprint density at radius 1 is 0.515 bits per heavy atom.